The van der Waals surface area contributed by atoms with Crippen molar-refractivity contribution >= 4 is 12.4 Å². The maximum Gasteiger partial charge on any atom is 0.416 e. The largest absolute Gasteiger partial charge is 0.416 e. The van der Waals surface area contributed by atoms with E-state index in [9.17, 15) is 13.2 Å². The van der Waals surface area contributed by atoms with Crippen molar-refractivity contribution in [3.8, 4) is 0 Å². The third-order valence-corrected chi connectivity index (χ3v) is 2.18. The normalized spacial score (nSPS) is 15.1. The van der Waals surface area contributed by atoms with Crippen LogP contribution in [0.4, 0.5) is 13.2 Å². The highest BCUT2D eigenvalue weighted by Crippen LogP contribution is 2.31. The van der Waals surface area contributed by atoms with E-state index < -0.39 is 23.9 Å². The second-order valence-corrected chi connectivity index (χ2v) is 3.65. The molecule has 0 amide bonds. The van der Waals surface area contributed by atoms with Crippen LogP contribution in [-0.4, -0.2) is 11.7 Å². The summed E-state index contributed by atoms with van der Waals surface area (Å²) in [5.74, 6) is 0. The minimum absolute atomic E-state index is 0. The van der Waals surface area contributed by atoms with Gasteiger partial charge in [-0.2, -0.15) is 13.2 Å². The van der Waals surface area contributed by atoms with Crippen LogP contribution in [0.25, 0.3) is 0 Å². The molecule has 0 unspecified atom stereocenters. The van der Waals surface area contributed by atoms with E-state index in [1.165, 1.54) is 19.1 Å². The third-order valence-electron chi connectivity index (χ3n) is 2.18. The molecule has 6 heteroatoms. The van der Waals surface area contributed by atoms with Crippen molar-refractivity contribution < 1.29 is 18.3 Å². The summed E-state index contributed by atoms with van der Waals surface area (Å²) in [6.45, 7) is 1.07. The van der Waals surface area contributed by atoms with Crippen molar-refractivity contribution in [3.05, 3.63) is 35.4 Å². The summed E-state index contributed by atoms with van der Waals surface area (Å²) in [7, 11) is 0. The smallest absolute Gasteiger partial charge is 0.394 e. The average molecular weight is 256 g/mol. The van der Waals surface area contributed by atoms with Gasteiger partial charge in [0.2, 0.25) is 0 Å². The fourth-order valence-electron chi connectivity index (χ4n) is 1.14. The first-order valence-corrected chi connectivity index (χ1v) is 4.35. The molecule has 0 bridgehead atoms. The summed E-state index contributed by atoms with van der Waals surface area (Å²) >= 11 is 0. The van der Waals surface area contributed by atoms with Gasteiger partial charge in [-0.3, -0.25) is 0 Å². The van der Waals surface area contributed by atoms with Gasteiger partial charge in [0.15, 0.2) is 0 Å². The Bertz CT molecular complexity index is 352. The topological polar surface area (TPSA) is 46.2 Å². The SMILES string of the molecule is C[C@](N)(CO)c1cccc(C(F)(F)F)c1.Cl. The number of aliphatic hydroxyl groups is 1. The van der Waals surface area contributed by atoms with E-state index >= 15 is 0 Å². The molecule has 0 heterocycles. The van der Waals surface area contributed by atoms with Crippen molar-refractivity contribution in [2.45, 2.75) is 18.6 Å². The van der Waals surface area contributed by atoms with Crippen molar-refractivity contribution in [2.75, 3.05) is 6.61 Å². The zero-order valence-electron chi connectivity index (χ0n) is 8.58. The molecule has 1 aromatic rings. The van der Waals surface area contributed by atoms with E-state index in [1.54, 1.807) is 0 Å². The lowest BCUT2D eigenvalue weighted by atomic mass is 9.93. The second-order valence-electron chi connectivity index (χ2n) is 3.65. The quantitative estimate of drug-likeness (QED) is 0.852. The van der Waals surface area contributed by atoms with Crippen LogP contribution in [0, 0.1) is 0 Å². The standard InChI is InChI=1S/C10H12F3NO.ClH/c1-9(14,6-15)7-3-2-4-8(5-7)10(11,12)13;/h2-5,15H,6,14H2,1H3;1H/t9-;/m0./s1. The fraction of sp³-hybridized carbons (Fsp3) is 0.400. The molecule has 0 aliphatic heterocycles. The van der Waals surface area contributed by atoms with Crippen molar-refractivity contribution in [1.29, 1.82) is 0 Å². The molecule has 0 saturated carbocycles. The molecule has 2 nitrogen and oxygen atoms in total. The van der Waals surface area contributed by atoms with E-state index in [1.807, 2.05) is 0 Å². The van der Waals surface area contributed by atoms with Crippen molar-refractivity contribution in [1.82, 2.24) is 0 Å². The van der Waals surface area contributed by atoms with E-state index in [4.69, 9.17) is 10.8 Å². The molecule has 3 N–H and O–H groups in total. The third kappa shape index (κ3) is 3.37. The van der Waals surface area contributed by atoms with Gasteiger partial charge in [0.25, 0.3) is 0 Å². The summed E-state index contributed by atoms with van der Waals surface area (Å²) in [6.07, 6.45) is -4.39. The van der Waals surface area contributed by atoms with E-state index in [2.05, 4.69) is 0 Å². The number of benzene rings is 1. The second kappa shape index (κ2) is 5.03. The number of nitrogens with two attached hydrogens (primary N) is 1. The summed E-state index contributed by atoms with van der Waals surface area (Å²) in [4.78, 5) is 0. The molecular formula is C10H13ClF3NO. The number of halogens is 4. The summed E-state index contributed by atoms with van der Waals surface area (Å²) in [6, 6.07) is 4.66. The number of alkyl halides is 3. The molecule has 0 radical (unpaired) electrons. The first-order valence-electron chi connectivity index (χ1n) is 4.35. The fourth-order valence-corrected chi connectivity index (χ4v) is 1.14. The molecule has 1 atom stereocenters. The van der Waals surface area contributed by atoms with Gasteiger partial charge in [0.05, 0.1) is 17.7 Å². The molecule has 92 valence electrons. The summed E-state index contributed by atoms with van der Waals surface area (Å²) in [5.41, 5.74) is 3.99. The molecule has 0 fully saturated rings. The van der Waals surface area contributed by atoms with Crippen LogP contribution in [0.15, 0.2) is 24.3 Å². The van der Waals surface area contributed by atoms with Gasteiger partial charge in [-0.05, 0) is 24.6 Å². The Hall–Kier alpha value is -0.780. The van der Waals surface area contributed by atoms with Crippen LogP contribution in [-0.2, 0) is 11.7 Å². The van der Waals surface area contributed by atoms with Crippen LogP contribution in [0.2, 0.25) is 0 Å². The molecule has 0 aliphatic carbocycles. The number of hydrogen-bond acceptors (Lipinski definition) is 2. The Morgan fingerprint density at radius 3 is 2.19 bits per heavy atom. The predicted octanol–water partition coefficient (Wildman–Crippen LogP) is 2.29. The van der Waals surface area contributed by atoms with Gasteiger partial charge >= 0.3 is 6.18 Å². The van der Waals surface area contributed by atoms with Gasteiger partial charge in [-0.15, -0.1) is 12.4 Å². The highest BCUT2D eigenvalue weighted by Gasteiger charge is 2.32. The van der Waals surface area contributed by atoms with Gasteiger partial charge in [0, 0.05) is 0 Å². The zero-order chi connectivity index (χ0) is 11.7. The lowest BCUT2D eigenvalue weighted by Gasteiger charge is -2.23. The number of aliphatic hydroxyl groups excluding tert-OH is 1. The maximum absolute atomic E-state index is 12.4. The van der Waals surface area contributed by atoms with Crippen molar-refractivity contribution in [3.63, 3.8) is 0 Å². The Morgan fingerprint density at radius 1 is 1.25 bits per heavy atom. The average Bonchev–Trinajstić information content (AvgIpc) is 2.17. The molecule has 0 saturated heterocycles. The van der Waals surface area contributed by atoms with Crippen LogP contribution < -0.4 is 5.73 Å². The van der Waals surface area contributed by atoms with Gasteiger partial charge in [-0.25, -0.2) is 0 Å². The summed E-state index contributed by atoms with van der Waals surface area (Å²) in [5, 5.41) is 8.93. The van der Waals surface area contributed by atoms with E-state index in [0.29, 0.717) is 0 Å². The molecular weight excluding hydrogens is 243 g/mol. The molecule has 16 heavy (non-hydrogen) atoms. The Labute approximate surface area is 97.7 Å². The zero-order valence-corrected chi connectivity index (χ0v) is 9.40. The lowest BCUT2D eigenvalue weighted by Crippen LogP contribution is -2.37. The molecule has 0 aliphatic rings. The number of hydrogen-bond donors (Lipinski definition) is 2. The van der Waals surface area contributed by atoms with Crippen LogP contribution in [0.1, 0.15) is 18.1 Å². The lowest BCUT2D eigenvalue weighted by molar-refractivity contribution is -0.137. The highest BCUT2D eigenvalue weighted by atomic mass is 35.5. The van der Waals surface area contributed by atoms with E-state index in [-0.39, 0.29) is 18.0 Å². The minimum atomic E-state index is -4.39. The number of rotatable bonds is 2. The van der Waals surface area contributed by atoms with Gasteiger partial charge in [-0.1, -0.05) is 12.1 Å². The maximum atomic E-state index is 12.4. The summed E-state index contributed by atoms with van der Waals surface area (Å²) < 4.78 is 37.1. The monoisotopic (exact) mass is 255 g/mol. The van der Waals surface area contributed by atoms with Crippen LogP contribution in [0.5, 0.6) is 0 Å². The highest BCUT2D eigenvalue weighted by molar-refractivity contribution is 5.85. The van der Waals surface area contributed by atoms with Gasteiger partial charge < -0.3 is 10.8 Å². The minimum Gasteiger partial charge on any atom is -0.394 e. The van der Waals surface area contributed by atoms with E-state index in [0.717, 1.165) is 12.1 Å². The molecule has 0 spiro atoms. The van der Waals surface area contributed by atoms with Crippen LogP contribution >= 0.6 is 12.4 Å². The molecule has 1 rings (SSSR count). The molecule has 0 aromatic heterocycles. The first-order chi connectivity index (χ1) is 6.77. The Morgan fingerprint density at radius 2 is 1.75 bits per heavy atom. The Balaban J connectivity index is 0.00000225. The van der Waals surface area contributed by atoms with Gasteiger partial charge in [0.1, 0.15) is 0 Å². The predicted molar refractivity (Wildman–Crippen MR) is 57.3 cm³/mol. The van der Waals surface area contributed by atoms with Crippen molar-refractivity contribution in [2.24, 2.45) is 5.73 Å². The van der Waals surface area contributed by atoms with Crippen LogP contribution in [0.3, 0.4) is 0 Å². The molecule has 1 aromatic carbocycles. The first kappa shape index (κ1) is 15.2. The Kier molecular flexibility index (Phi) is 4.79.